The predicted octanol–water partition coefficient (Wildman–Crippen LogP) is 3.89. The second-order valence-electron chi connectivity index (χ2n) is 6.12. The van der Waals surface area contributed by atoms with E-state index in [1.165, 1.54) is 29.0 Å². The standard InChI is InChI=1S/C17H15Cl2FN2O3S/c1-10-13(3-5-16(23)11-2-4-15(20)14(18)8-11)17(19)22(21-10)12-6-7-26(24,25)9-12/h2-5,8,12H,6-7,9H2,1H3/b5-3-/t12-/m1/s1. The number of ketones is 1. The maximum atomic E-state index is 13.2. The van der Waals surface area contributed by atoms with Gasteiger partial charge in [-0.1, -0.05) is 23.2 Å². The number of halogens is 3. The van der Waals surface area contributed by atoms with Crippen molar-refractivity contribution in [2.75, 3.05) is 11.5 Å². The van der Waals surface area contributed by atoms with E-state index in [0.717, 1.165) is 6.07 Å². The fraction of sp³-hybridized carbons (Fsp3) is 0.294. The highest BCUT2D eigenvalue weighted by Crippen LogP contribution is 2.30. The molecule has 2 heterocycles. The first-order valence-electron chi connectivity index (χ1n) is 7.80. The van der Waals surface area contributed by atoms with E-state index in [2.05, 4.69) is 5.10 Å². The molecule has 0 saturated carbocycles. The fourth-order valence-electron chi connectivity index (χ4n) is 2.84. The van der Waals surface area contributed by atoms with Gasteiger partial charge in [0.05, 0.1) is 28.3 Å². The molecule has 1 aromatic heterocycles. The molecule has 0 bridgehead atoms. The van der Waals surface area contributed by atoms with Crippen LogP contribution in [0.5, 0.6) is 0 Å². The molecule has 0 N–H and O–H groups in total. The molecule has 2 aromatic rings. The van der Waals surface area contributed by atoms with Crippen LogP contribution in [0.15, 0.2) is 24.3 Å². The van der Waals surface area contributed by atoms with Crippen LogP contribution in [0.2, 0.25) is 10.2 Å². The smallest absolute Gasteiger partial charge is 0.185 e. The topological polar surface area (TPSA) is 69.0 Å². The number of nitrogens with zero attached hydrogens (tertiary/aromatic N) is 2. The second-order valence-corrected chi connectivity index (χ2v) is 9.11. The minimum atomic E-state index is -3.07. The summed E-state index contributed by atoms with van der Waals surface area (Å²) in [6.07, 6.45) is 3.28. The molecule has 1 saturated heterocycles. The summed E-state index contributed by atoms with van der Waals surface area (Å²) in [4.78, 5) is 12.2. The number of hydrogen-bond acceptors (Lipinski definition) is 4. The highest BCUT2D eigenvalue weighted by molar-refractivity contribution is 7.91. The van der Waals surface area contributed by atoms with Gasteiger partial charge in [0, 0.05) is 11.1 Å². The van der Waals surface area contributed by atoms with E-state index >= 15 is 0 Å². The summed E-state index contributed by atoms with van der Waals surface area (Å²) in [6.45, 7) is 1.73. The molecule has 0 spiro atoms. The van der Waals surface area contributed by atoms with E-state index in [-0.39, 0.29) is 39.1 Å². The van der Waals surface area contributed by atoms with Gasteiger partial charge in [-0.2, -0.15) is 5.10 Å². The molecule has 3 rings (SSSR count). The molecule has 0 amide bonds. The van der Waals surface area contributed by atoms with Crippen LogP contribution in [0.3, 0.4) is 0 Å². The molecule has 26 heavy (non-hydrogen) atoms. The first kappa shape index (κ1) is 19.1. The number of carbonyl (C=O) groups excluding carboxylic acids is 1. The Bertz CT molecular complexity index is 1020. The molecule has 1 aliphatic rings. The number of carbonyl (C=O) groups is 1. The van der Waals surface area contributed by atoms with Gasteiger partial charge in [-0.25, -0.2) is 17.5 Å². The normalized spacial score (nSPS) is 19.3. The number of aromatic nitrogens is 2. The Labute approximate surface area is 160 Å². The third kappa shape index (κ3) is 3.84. The van der Waals surface area contributed by atoms with Crippen LogP contribution in [0.4, 0.5) is 4.39 Å². The van der Waals surface area contributed by atoms with Crippen LogP contribution in [0, 0.1) is 12.7 Å². The van der Waals surface area contributed by atoms with Gasteiger partial charge in [-0.15, -0.1) is 0 Å². The number of hydrogen-bond donors (Lipinski definition) is 0. The van der Waals surface area contributed by atoms with Crippen molar-refractivity contribution in [3.63, 3.8) is 0 Å². The summed E-state index contributed by atoms with van der Waals surface area (Å²) in [5.74, 6) is -0.844. The van der Waals surface area contributed by atoms with Crippen molar-refractivity contribution < 1.29 is 17.6 Å². The van der Waals surface area contributed by atoms with Crippen LogP contribution >= 0.6 is 23.2 Å². The van der Waals surface area contributed by atoms with Crippen molar-refractivity contribution in [1.29, 1.82) is 0 Å². The van der Waals surface area contributed by atoms with Gasteiger partial charge >= 0.3 is 0 Å². The Balaban J connectivity index is 1.85. The zero-order valence-corrected chi connectivity index (χ0v) is 16.1. The SMILES string of the molecule is Cc1nn([C@@H]2CCS(=O)(=O)C2)c(Cl)c1/C=C\C(=O)c1ccc(F)c(Cl)c1. The maximum absolute atomic E-state index is 13.2. The quantitative estimate of drug-likeness (QED) is 0.559. The van der Waals surface area contributed by atoms with Crippen LogP contribution in [0.25, 0.3) is 6.08 Å². The van der Waals surface area contributed by atoms with Crippen LogP contribution in [-0.2, 0) is 9.84 Å². The van der Waals surface area contributed by atoms with Gasteiger partial charge < -0.3 is 0 Å². The van der Waals surface area contributed by atoms with E-state index in [1.54, 1.807) is 6.92 Å². The molecule has 1 fully saturated rings. The fourth-order valence-corrected chi connectivity index (χ4v) is 5.08. The van der Waals surface area contributed by atoms with E-state index in [0.29, 0.717) is 17.7 Å². The highest BCUT2D eigenvalue weighted by atomic mass is 35.5. The van der Waals surface area contributed by atoms with Gasteiger partial charge in [-0.05, 0) is 43.7 Å². The first-order chi connectivity index (χ1) is 12.2. The molecule has 1 aliphatic heterocycles. The average Bonchev–Trinajstić information content (AvgIpc) is 3.07. The molecule has 0 unspecified atom stereocenters. The average molecular weight is 417 g/mol. The monoisotopic (exact) mass is 416 g/mol. The lowest BCUT2D eigenvalue weighted by atomic mass is 10.1. The molecule has 138 valence electrons. The molecule has 1 aromatic carbocycles. The molecule has 5 nitrogen and oxygen atoms in total. The van der Waals surface area contributed by atoms with Crippen molar-refractivity contribution in [3.05, 3.63) is 57.1 Å². The Morgan fingerprint density at radius 2 is 2.12 bits per heavy atom. The molecule has 1 atom stereocenters. The predicted molar refractivity (Wildman–Crippen MR) is 99.1 cm³/mol. The van der Waals surface area contributed by atoms with Crippen molar-refractivity contribution in [2.45, 2.75) is 19.4 Å². The van der Waals surface area contributed by atoms with Crippen molar-refractivity contribution in [1.82, 2.24) is 9.78 Å². The third-order valence-corrected chi connectivity index (χ3v) is 6.65. The zero-order valence-electron chi connectivity index (χ0n) is 13.7. The van der Waals surface area contributed by atoms with Gasteiger partial charge in [-0.3, -0.25) is 4.79 Å². The summed E-state index contributed by atoms with van der Waals surface area (Å²) in [5.41, 5.74) is 1.37. The molecule has 0 radical (unpaired) electrons. The summed E-state index contributed by atoms with van der Waals surface area (Å²) in [5, 5.41) is 4.47. The van der Waals surface area contributed by atoms with Crippen LogP contribution < -0.4 is 0 Å². The largest absolute Gasteiger partial charge is 0.289 e. The van der Waals surface area contributed by atoms with E-state index in [1.807, 2.05) is 0 Å². The molecular weight excluding hydrogens is 402 g/mol. The van der Waals surface area contributed by atoms with E-state index < -0.39 is 15.7 Å². The Morgan fingerprint density at radius 1 is 1.38 bits per heavy atom. The van der Waals surface area contributed by atoms with E-state index in [4.69, 9.17) is 23.2 Å². The Hall–Kier alpha value is -1.70. The van der Waals surface area contributed by atoms with Crippen molar-refractivity contribution >= 4 is 44.9 Å². The summed E-state index contributed by atoms with van der Waals surface area (Å²) in [7, 11) is -3.07. The summed E-state index contributed by atoms with van der Waals surface area (Å²) < 4.78 is 38.0. The first-order valence-corrected chi connectivity index (χ1v) is 10.4. The number of allylic oxidation sites excluding steroid dienone is 1. The second kappa shape index (κ2) is 7.13. The molecular formula is C17H15Cl2FN2O3S. The van der Waals surface area contributed by atoms with Crippen molar-refractivity contribution in [3.8, 4) is 0 Å². The lowest BCUT2D eigenvalue weighted by molar-refractivity contribution is 0.104. The minimum absolute atomic E-state index is 0.00397. The highest BCUT2D eigenvalue weighted by Gasteiger charge is 2.31. The zero-order chi connectivity index (χ0) is 19.1. The number of rotatable bonds is 4. The van der Waals surface area contributed by atoms with Crippen LogP contribution in [-0.4, -0.2) is 35.5 Å². The van der Waals surface area contributed by atoms with Gasteiger partial charge in [0.2, 0.25) is 0 Å². The third-order valence-electron chi connectivity index (χ3n) is 4.23. The lowest BCUT2D eigenvalue weighted by Crippen LogP contribution is -2.12. The number of sulfone groups is 1. The van der Waals surface area contributed by atoms with Crippen LogP contribution in [0.1, 0.15) is 34.1 Å². The molecule has 0 aliphatic carbocycles. The Morgan fingerprint density at radius 3 is 2.73 bits per heavy atom. The number of aryl methyl sites for hydroxylation is 1. The van der Waals surface area contributed by atoms with Crippen molar-refractivity contribution in [2.24, 2.45) is 0 Å². The number of benzene rings is 1. The summed E-state index contributed by atoms with van der Waals surface area (Å²) >= 11 is 12.0. The lowest BCUT2D eigenvalue weighted by Gasteiger charge is -2.09. The maximum Gasteiger partial charge on any atom is 0.185 e. The van der Waals surface area contributed by atoms with E-state index in [9.17, 15) is 17.6 Å². The molecule has 9 heteroatoms. The van der Waals surface area contributed by atoms with Gasteiger partial charge in [0.15, 0.2) is 15.6 Å². The van der Waals surface area contributed by atoms with Gasteiger partial charge in [0.1, 0.15) is 11.0 Å². The van der Waals surface area contributed by atoms with Gasteiger partial charge in [0.25, 0.3) is 0 Å². The summed E-state index contributed by atoms with van der Waals surface area (Å²) in [6, 6.07) is 3.42. The Kier molecular flexibility index (Phi) is 5.23. The minimum Gasteiger partial charge on any atom is -0.289 e.